The molecule has 0 radical (unpaired) electrons. The fraction of sp³-hybridized carbons (Fsp3) is 0.406. The van der Waals surface area contributed by atoms with Gasteiger partial charge in [0.2, 0.25) is 0 Å². The van der Waals surface area contributed by atoms with Gasteiger partial charge in [-0.25, -0.2) is 0 Å². The van der Waals surface area contributed by atoms with E-state index in [1.807, 2.05) is 106 Å². The fourth-order valence-electron chi connectivity index (χ4n) is 4.58. The summed E-state index contributed by atoms with van der Waals surface area (Å²) in [6.07, 6.45) is -2.86. The second kappa shape index (κ2) is 12.7. The highest BCUT2D eigenvalue weighted by atomic mass is 32.2. The highest BCUT2D eigenvalue weighted by Crippen LogP contribution is 2.42. The third-order valence-corrected chi connectivity index (χ3v) is 7.96. The van der Waals surface area contributed by atoms with Crippen molar-refractivity contribution in [3.05, 3.63) is 96.1 Å². The predicted octanol–water partition coefficient (Wildman–Crippen LogP) is 6.17. The standard InChI is InChI=1S/C32H36O7S/c1-32(2,3)31(33)39-28-27(35-19-21-15-17-23(34-4)18-16-21)26-25(37-30(28)40-24-13-9-6-10-14-24)20-36-29(38-26)22-11-7-5-8-12-22/h5-18,25-30H,19-20H2,1-4H3/t25-,26+,27+,28-,29+,30+/m1/s1. The number of fused-ring (bicyclic) bond motifs is 1. The van der Waals surface area contributed by atoms with E-state index in [1.54, 1.807) is 7.11 Å². The summed E-state index contributed by atoms with van der Waals surface area (Å²) in [6, 6.07) is 27.4. The second-order valence-corrected chi connectivity index (χ2v) is 12.1. The van der Waals surface area contributed by atoms with Crippen LogP contribution in [0.3, 0.4) is 0 Å². The molecule has 3 aromatic carbocycles. The highest BCUT2D eigenvalue weighted by molar-refractivity contribution is 7.99. The van der Waals surface area contributed by atoms with Crippen LogP contribution in [0.25, 0.3) is 0 Å². The Hall–Kier alpha value is -2.88. The molecule has 2 aliphatic heterocycles. The molecule has 6 atom stereocenters. The smallest absolute Gasteiger partial charge is 0.311 e. The van der Waals surface area contributed by atoms with Crippen LogP contribution in [0.15, 0.2) is 89.8 Å². The third kappa shape index (κ3) is 6.87. The van der Waals surface area contributed by atoms with Crippen LogP contribution in [0.5, 0.6) is 5.75 Å². The maximum absolute atomic E-state index is 13.2. The molecule has 40 heavy (non-hydrogen) atoms. The number of carbonyl (C=O) groups is 1. The molecule has 7 nitrogen and oxygen atoms in total. The molecule has 2 fully saturated rings. The van der Waals surface area contributed by atoms with Crippen LogP contribution >= 0.6 is 11.8 Å². The van der Waals surface area contributed by atoms with Crippen molar-refractivity contribution in [1.29, 1.82) is 0 Å². The number of methoxy groups -OCH3 is 1. The van der Waals surface area contributed by atoms with Crippen LogP contribution in [-0.4, -0.2) is 49.5 Å². The Kier molecular flexibility index (Phi) is 9.13. The minimum atomic E-state index is -0.731. The van der Waals surface area contributed by atoms with Gasteiger partial charge in [-0.05, 0) is 50.6 Å². The molecule has 0 amide bonds. The predicted molar refractivity (Wildman–Crippen MR) is 152 cm³/mol. The number of benzene rings is 3. The van der Waals surface area contributed by atoms with Gasteiger partial charge in [0.25, 0.3) is 0 Å². The Balaban J connectivity index is 1.46. The van der Waals surface area contributed by atoms with Crippen LogP contribution < -0.4 is 4.74 Å². The Labute approximate surface area is 240 Å². The third-order valence-electron chi connectivity index (χ3n) is 6.81. The van der Waals surface area contributed by atoms with Crippen LogP contribution in [0.4, 0.5) is 0 Å². The average Bonchev–Trinajstić information content (AvgIpc) is 2.97. The van der Waals surface area contributed by atoms with Crippen molar-refractivity contribution in [3.63, 3.8) is 0 Å². The van der Waals surface area contributed by atoms with Crippen molar-refractivity contribution in [2.45, 2.75) is 68.4 Å². The van der Waals surface area contributed by atoms with Gasteiger partial charge in [0.05, 0.1) is 25.7 Å². The first-order chi connectivity index (χ1) is 19.3. The topological polar surface area (TPSA) is 72.5 Å². The molecule has 2 saturated heterocycles. The van der Waals surface area contributed by atoms with Crippen molar-refractivity contribution in [3.8, 4) is 5.75 Å². The Bertz CT molecular complexity index is 1230. The first-order valence-corrected chi connectivity index (χ1v) is 14.3. The molecule has 2 heterocycles. The quantitative estimate of drug-likeness (QED) is 0.301. The molecule has 0 spiro atoms. The largest absolute Gasteiger partial charge is 0.497 e. The van der Waals surface area contributed by atoms with E-state index in [9.17, 15) is 4.79 Å². The van der Waals surface area contributed by atoms with Crippen LogP contribution in [0, 0.1) is 5.41 Å². The van der Waals surface area contributed by atoms with E-state index in [0.29, 0.717) is 13.2 Å². The van der Waals surface area contributed by atoms with Gasteiger partial charge < -0.3 is 28.4 Å². The zero-order chi connectivity index (χ0) is 28.1. The van der Waals surface area contributed by atoms with Crippen molar-refractivity contribution in [1.82, 2.24) is 0 Å². The van der Waals surface area contributed by atoms with Crippen molar-refractivity contribution in [2.75, 3.05) is 13.7 Å². The van der Waals surface area contributed by atoms with E-state index < -0.39 is 41.6 Å². The molecule has 0 aliphatic carbocycles. The lowest BCUT2D eigenvalue weighted by Gasteiger charge is -2.49. The van der Waals surface area contributed by atoms with Gasteiger partial charge in [0.1, 0.15) is 29.5 Å². The summed E-state index contributed by atoms with van der Waals surface area (Å²) >= 11 is 1.50. The maximum atomic E-state index is 13.2. The number of esters is 1. The number of rotatable bonds is 8. The molecular weight excluding hydrogens is 528 g/mol. The molecular formula is C32H36O7S. The highest BCUT2D eigenvalue weighted by Gasteiger charge is 2.53. The molecule has 0 N–H and O–H groups in total. The number of ether oxygens (including phenoxy) is 6. The molecule has 0 bridgehead atoms. The lowest BCUT2D eigenvalue weighted by Crippen LogP contribution is -2.63. The number of hydrogen-bond donors (Lipinski definition) is 0. The minimum absolute atomic E-state index is 0.296. The summed E-state index contributed by atoms with van der Waals surface area (Å²) in [6.45, 7) is 6.13. The number of hydrogen-bond acceptors (Lipinski definition) is 8. The summed E-state index contributed by atoms with van der Waals surface area (Å²) in [5, 5.41) is 0. The van der Waals surface area contributed by atoms with Gasteiger partial charge in [0, 0.05) is 10.5 Å². The summed E-state index contributed by atoms with van der Waals surface area (Å²) in [7, 11) is 1.64. The van der Waals surface area contributed by atoms with Gasteiger partial charge in [0.15, 0.2) is 12.4 Å². The lowest BCUT2D eigenvalue weighted by atomic mass is 9.95. The Morgan fingerprint density at radius 3 is 2.23 bits per heavy atom. The SMILES string of the molecule is COc1ccc(CO[C@H]2[C@H]3O[C@@H](c4ccccc4)OC[C@H]3O[C@@H](Sc3ccccc3)[C@@H]2OC(=O)C(C)(C)C)cc1. The van der Waals surface area contributed by atoms with E-state index in [0.717, 1.165) is 21.8 Å². The van der Waals surface area contributed by atoms with Crippen LogP contribution in [0.1, 0.15) is 38.2 Å². The normalized spacial score (nSPS) is 26.5. The van der Waals surface area contributed by atoms with E-state index >= 15 is 0 Å². The first-order valence-electron chi connectivity index (χ1n) is 13.5. The number of carbonyl (C=O) groups excluding carboxylic acids is 1. The maximum Gasteiger partial charge on any atom is 0.311 e. The molecule has 2 aliphatic rings. The second-order valence-electron chi connectivity index (χ2n) is 10.9. The Morgan fingerprint density at radius 2 is 1.57 bits per heavy atom. The minimum Gasteiger partial charge on any atom is -0.497 e. The summed E-state index contributed by atoms with van der Waals surface area (Å²) < 4.78 is 37.3. The van der Waals surface area contributed by atoms with Crippen molar-refractivity contribution < 1.29 is 33.2 Å². The molecule has 3 aromatic rings. The van der Waals surface area contributed by atoms with E-state index in [2.05, 4.69) is 0 Å². The molecule has 212 valence electrons. The van der Waals surface area contributed by atoms with Gasteiger partial charge in [-0.3, -0.25) is 4.79 Å². The summed E-state index contributed by atoms with van der Waals surface area (Å²) in [4.78, 5) is 14.2. The number of thioether (sulfide) groups is 1. The Morgan fingerprint density at radius 1 is 0.900 bits per heavy atom. The lowest BCUT2D eigenvalue weighted by molar-refractivity contribution is -0.326. The first kappa shape index (κ1) is 28.6. The molecule has 0 aromatic heterocycles. The van der Waals surface area contributed by atoms with Gasteiger partial charge in [-0.1, -0.05) is 72.4 Å². The van der Waals surface area contributed by atoms with Crippen molar-refractivity contribution >= 4 is 17.7 Å². The monoisotopic (exact) mass is 564 g/mol. The van der Waals surface area contributed by atoms with Gasteiger partial charge in [-0.2, -0.15) is 0 Å². The van der Waals surface area contributed by atoms with E-state index in [4.69, 9.17) is 28.4 Å². The summed E-state index contributed by atoms with van der Waals surface area (Å²) in [5.41, 5.74) is 0.626. The van der Waals surface area contributed by atoms with Crippen molar-refractivity contribution in [2.24, 2.45) is 5.41 Å². The molecule has 5 rings (SSSR count). The average molecular weight is 565 g/mol. The van der Waals surface area contributed by atoms with Gasteiger partial charge in [-0.15, -0.1) is 0 Å². The molecule has 0 unspecified atom stereocenters. The van der Waals surface area contributed by atoms with Crippen LogP contribution in [-0.2, 0) is 35.1 Å². The van der Waals surface area contributed by atoms with E-state index in [-0.39, 0.29) is 5.97 Å². The zero-order valence-corrected chi connectivity index (χ0v) is 24.0. The van der Waals surface area contributed by atoms with Crippen LogP contribution in [0.2, 0.25) is 0 Å². The summed E-state index contributed by atoms with van der Waals surface area (Å²) in [5.74, 6) is 0.438. The molecule has 0 saturated carbocycles. The molecule has 8 heteroatoms. The zero-order valence-electron chi connectivity index (χ0n) is 23.2. The van der Waals surface area contributed by atoms with E-state index in [1.165, 1.54) is 11.8 Å². The fourth-order valence-corrected chi connectivity index (χ4v) is 5.71. The van der Waals surface area contributed by atoms with Gasteiger partial charge >= 0.3 is 5.97 Å².